The molecule has 120 valence electrons. The summed E-state index contributed by atoms with van der Waals surface area (Å²) in [5.74, 6) is 0. The highest BCUT2D eigenvalue weighted by molar-refractivity contribution is 4.88. The minimum Gasteiger partial charge on any atom is -0.394 e. The highest BCUT2D eigenvalue weighted by atomic mass is 16.7. The Labute approximate surface area is 123 Å². The van der Waals surface area contributed by atoms with Gasteiger partial charge in [-0.1, -0.05) is 39.0 Å². The third-order valence-electron chi connectivity index (χ3n) is 3.43. The second kappa shape index (κ2) is 9.65. The van der Waals surface area contributed by atoms with E-state index in [1.54, 1.807) is 0 Å². The predicted molar refractivity (Wildman–Crippen MR) is 73.1 cm³/mol. The molecule has 1 heterocycles. The Balaban J connectivity index is 2.48. The summed E-state index contributed by atoms with van der Waals surface area (Å²) >= 11 is 0. The van der Waals surface area contributed by atoms with Gasteiger partial charge in [0.05, 0.1) is 9.35 Å². The van der Waals surface area contributed by atoms with Crippen molar-refractivity contribution in [3.8, 4) is 0 Å². The topological polar surface area (TPSA) is 99.4 Å². The van der Waals surface area contributed by atoms with E-state index in [9.17, 15) is 15.3 Å². The zero-order valence-corrected chi connectivity index (χ0v) is 11.9. The van der Waals surface area contributed by atoms with Crippen molar-refractivity contribution in [3.05, 3.63) is 0 Å². The van der Waals surface area contributed by atoms with Crippen molar-refractivity contribution < 1.29 is 32.6 Å². The molecule has 0 aromatic rings. The average Bonchev–Trinajstić information content (AvgIpc) is 2.47. The van der Waals surface area contributed by atoms with Crippen molar-refractivity contribution in [1.29, 1.82) is 0 Å². The van der Waals surface area contributed by atoms with Crippen molar-refractivity contribution in [1.82, 2.24) is 0 Å². The number of hydrogen-bond donors (Lipinski definition) is 4. The van der Waals surface area contributed by atoms with Crippen molar-refractivity contribution in [2.45, 2.75) is 76.2 Å². The quantitative estimate of drug-likeness (QED) is 0.452. The van der Waals surface area contributed by atoms with Crippen molar-refractivity contribution >= 4 is 0 Å². The molecule has 20 heavy (non-hydrogen) atoms. The smallest absolute Gasteiger partial charge is 0.186 e. The second-order valence-electron chi connectivity index (χ2n) is 5.12. The van der Waals surface area contributed by atoms with Gasteiger partial charge in [0.15, 0.2) is 6.29 Å². The minimum absolute atomic E-state index is 0.145. The Morgan fingerprint density at radius 1 is 1.00 bits per heavy atom. The predicted octanol–water partition coefficient (Wildman–Crippen LogP) is 0.163. The molecule has 0 aromatic carbocycles. The first-order valence-corrected chi connectivity index (χ1v) is 7.30. The van der Waals surface area contributed by atoms with Gasteiger partial charge < -0.3 is 29.9 Å². The van der Waals surface area contributed by atoms with Crippen LogP contribution in [0.1, 0.15) is 48.2 Å². The van der Waals surface area contributed by atoms with Crippen molar-refractivity contribution in [2.24, 2.45) is 0 Å². The van der Waals surface area contributed by atoms with Crippen LogP contribution in [0.3, 0.4) is 0 Å². The molecule has 0 aromatic heterocycles. The molecule has 0 aliphatic carbocycles. The van der Waals surface area contributed by atoms with Crippen LogP contribution >= 0.6 is 0 Å². The second-order valence-corrected chi connectivity index (χ2v) is 5.12. The molecule has 0 saturated carbocycles. The van der Waals surface area contributed by atoms with E-state index in [2.05, 4.69) is 6.92 Å². The molecule has 0 radical (unpaired) electrons. The summed E-state index contributed by atoms with van der Waals surface area (Å²) in [6.07, 6.45) is -2.20. The van der Waals surface area contributed by atoms with Crippen LogP contribution in [0, 0.1) is 0 Å². The summed E-state index contributed by atoms with van der Waals surface area (Å²) < 4.78 is 25.9. The first-order valence-electron chi connectivity index (χ1n) is 8.30. The molecule has 0 bridgehead atoms. The number of unbranched alkanes of at least 4 members (excludes halogenated alkanes) is 4. The SMILES string of the molecule is [2H]C([2H])(CCCCCCC)O[C@@H]1O[C@H](CO)[C@@H](O)[C@H](O)[C@H]1O. The van der Waals surface area contributed by atoms with Crippen LogP contribution in [-0.2, 0) is 9.47 Å². The van der Waals surface area contributed by atoms with E-state index in [0.29, 0.717) is 6.42 Å². The van der Waals surface area contributed by atoms with Gasteiger partial charge in [-0.3, -0.25) is 0 Å². The lowest BCUT2D eigenvalue weighted by Crippen LogP contribution is -2.59. The summed E-state index contributed by atoms with van der Waals surface area (Å²) in [5, 5.41) is 38.2. The van der Waals surface area contributed by atoms with Gasteiger partial charge in [-0.05, 0) is 6.42 Å². The molecule has 1 saturated heterocycles. The molecule has 0 unspecified atom stereocenters. The summed E-state index contributed by atoms with van der Waals surface area (Å²) in [6.45, 7) is -0.480. The molecule has 1 fully saturated rings. The normalized spacial score (nSPS) is 36.5. The fourth-order valence-electron chi connectivity index (χ4n) is 2.11. The Hall–Kier alpha value is -0.240. The molecule has 4 N–H and O–H groups in total. The zero-order valence-electron chi connectivity index (χ0n) is 13.9. The zero-order chi connectivity index (χ0) is 16.8. The Morgan fingerprint density at radius 3 is 2.30 bits per heavy atom. The van der Waals surface area contributed by atoms with Crippen LogP contribution in [-0.4, -0.2) is 64.3 Å². The van der Waals surface area contributed by atoms with Crippen LogP contribution in [0.4, 0.5) is 0 Å². The average molecular weight is 294 g/mol. The van der Waals surface area contributed by atoms with Crippen molar-refractivity contribution in [3.63, 3.8) is 0 Å². The molecule has 0 amide bonds. The number of aliphatic hydroxyl groups excluding tert-OH is 4. The fourth-order valence-corrected chi connectivity index (χ4v) is 2.11. The summed E-state index contributed by atoms with van der Waals surface area (Å²) in [4.78, 5) is 0. The van der Waals surface area contributed by atoms with E-state index in [1.807, 2.05) is 0 Å². The summed E-state index contributed by atoms with van der Waals surface area (Å²) in [6, 6.07) is 0. The standard InChI is InChI=1S/C14H28O6/c1-2-3-4-5-6-7-8-19-14-13(18)12(17)11(16)10(9-15)20-14/h10-18H,2-9H2,1H3/t10-,11-,12+,13-,14-/m1/s1/i8D2. The van der Waals surface area contributed by atoms with E-state index >= 15 is 0 Å². The molecular formula is C14H28O6. The fraction of sp³-hybridized carbons (Fsp3) is 1.00. The van der Waals surface area contributed by atoms with E-state index in [1.165, 1.54) is 0 Å². The number of aliphatic hydroxyl groups is 4. The maximum atomic E-state index is 9.82. The molecule has 6 heteroatoms. The van der Waals surface area contributed by atoms with E-state index in [0.717, 1.165) is 25.7 Å². The van der Waals surface area contributed by atoms with Crippen LogP contribution < -0.4 is 0 Å². The monoisotopic (exact) mass is 294 g/mol. The summed E-state index contributed by atoms with van der Waals surface area (Å²) in [7, 11) is 0. The van der Waals surface area contributed by atoms with E-state index < -0.39 is 43.9 Å². The van der Waals surface area contributed by atoms with Gasteiger partial charge in [-0.15, -0.1) is 0 Å². The third-order valence-corrected chi connectivity index (χ3v) is 3.43. The van der Waals surface area contributed by atoms with E-state index in [4.69, 9.17) is 17.3 Å². The summed E-state index contributed by atoms with van der Waals surface area (Å²) in [5.41, 5.74) is 0. The molecule has 1 rings (SSSR count). The first-order chi connectivity index (χ1) is 10.3. The number of rotatable bonds is 9. The maximum absolute atomic E-state index is 9.82. The van der Waals surface area contributed by atoms with Crippen LogP contribution in [0.2, 0.25) is 0 Å². The van der Waals surface area contributed by atoms with Gasteiger partial charge in [-0.25, -0.2) is 0 Å². The Morgan fingerprint density at radius 2 is 1.65 bits per heavy atom. The Kier molecular flexibility index (Phi) is 7.09. The number of hydrogen-bond acceptors (Lipinski definition) is 6. The molecular weight excluding hydrogens is 264 g/mol. The van der Waals surface area contributed by atoms with Gasteiger partial charge >= 0.3 is 0 Å². The Bertz CT molecular complexity index is 316. The lowest BCUT2D eigenvalue weighted by molar-refractivity contribution is -0.301. The van der Waals surface area contributed by atoms with Gasteiger partial charge in [-0.2, -0.15) is 0 Å². The van der Waals surface area contributed by atoms with Gasteiger partial charge in [0.1, 0.15) is 24.4 Å². The number of ether oxygens (including phenoxy) is 2. The lowest BCUT2D eigenvalue weighted by Gasteiger charge is -2.39. The van der Waals surface area contributed by atoms with Gasteiger partial charge in [0.25, 0.3) is 0 Å². The van der Waals surface area contributed by atoms with Crippen LogP contribution in [0.25, 0.3) is 0 Å². The highest BCUT2D eigenvalue weighted by Gasteiger charge is 2.43. The molecule has 1 aliphatic heterocycles. The lowest BCUT2D eigenvalue weighted by atomic mass is 9.99. The molecule has 6 nitrogen and oxygen atoms in total. The van der Waals surface area contributed by atoms with Crippen molar-refractivity contribution in [2.75, 3.05) is 13.2 Å². The minimum atomic E-state index is -2.01. The molecule has 0 spiro atoms. The first kappa shape index (κ1) is 14.7. The van der Waals surface area contributed by atoms with E-state index in [-0.39, 0.29) is 6.42 Å². The molecule has 1 aliphatic rings. The van der Waals surface area contributed by atoms with Crippen LogP contribution in [0.5, 0.6) is 0 Å². The van der Waals surface area contributed by atoms with Gasteiger partial charge in [0.2, 0.25) is 0 Å². The third kappa shape index (κ3) is 5.27. The maximum Gasteiger partial charge on any atom is 0.186 e. The molecule has 5 atom stereocenters. The largest absolute Gasteiger partial charge is 0.394 e. The van der Waals surface area contributed by atoms with Crippen LogP contribution in [0.15, 0.2) is 0 Å². The highest BCUT2D eigenvalue weighted by Crippen LogP contribution is 2.22. The van der Waals surface area contributed by atoms with Gasteiger partial charge in [0, 0.05) is 6.56 Å².